The number of aliphatic hydroxyl groups is 2. The highest BCUT2D eigenvalue weighted by Gasteiger charge is 2.21. The molecule has 0 radical (unpaired) electrons. The lowest BCUT2D eigenvalue weighted by Gasteiger charge is -2.28. The lowest BCUT2D eigenvalue weighted by atomic mass is 9.93. The van der Waals surface area contributed by atoms with Crippen molar-refractivity contribution in [2.24, 2.45) is 5.92 Å². The van der Waals surface area contributed by atoms with Gasteiger partial charge in [0, 0.05) is 13.2 Å². The van der Waals surface area contributed by atoms with Gasteiger partial charge in [-0.1, -0.05) is 0 Å². The molecule has 0 saturated carbocycles. The Morgan fingerprint density at radius 1 is 1.38 bits per heavy atom. The third kappa shape index (κ3) is 4.04. The molecule has 1 heterocycles. The van der Waals surface area contributed by atoms with Crippen LogP contribution in [0.15, 0.2) is 0 Å². The van der Waals surface area contributed by atoms with Gasteiger partial charge in [0.2, 0.25) is 0 Å². The molecule has 1 rings (SSSR count). The molecule has 1 fully saturated rings. The molecule has 4 nitrogen and oxygen atoms in total. The number of hydrogen-bond acceptors (Lipinski definition) is 4. The van der Waals surface area contributed by atoms with Crippen molar-refractivity contribution in [2.75, 3.05) is 32.9 Å². The highest BCUT2D eigenvalue weighted by molar-refractivity contribution is 4.76. The van der Waals surface area contributed by atoms with Crippen LogP contribution in [0.4, 0.5) is 0 Å². The Morgan fingerprint density at radius 2 is 2.23 bits per heavy atom. The highest BCUT2D eigenvalue weighted by Crippen LogP contribution is 2.14. The maximum absolute atomic E-state index is 9.58. The van der Waals surface area contributed by atoms with E-state index in [2.05, 4.69) is 5.32 Å². The Balaban J connectivity index is 2.05. The van der Waals surface area contributed by atoms with Crippen molar-refractivity contribution < 1.29 is 14.9 Å². The largest absolute Gasteiger partial charge is 0.394 e. The Bertz CT molecular complexity index is 132. The average molecular weight is 189 g/mol. The molecule has 2 atom stereocenters. The summed E-state index contributed by atoms with van der Waals surface area (Å²) in [4.78, 5) is 0. The van der Waals surface area contributed by atoms with Gasteiger partial charge < -0.3 is 20.3 Å². The monoisotopic (exact) mass is 189 g/mol. The zero-order valence-electron chi connectivity index (χ0n) is 7.91. The van der Waals surface area contributed by atoms with Crippen LogP contribution in [0.25, 0.3) is 0 Å². The van der Waals surface area contributed by atoms with Crippen LogP contribution < -0.4 is 5.32 Å². The second kappa shape index (κ2) is 6.32. The molecule has 0 bridgehead atoms. The molecular weight excluding hydrogens is 170 g/mol. The van der Waals surface area contributed by atoms with Crippen molar-refractivity contribution in [3.63, 3.8) is 0 Å². The second-order valence-corrected chi connectivity index (χ2v) is 3.44. The van der Waals surface area contributed by atoms with Gasteiger partial charge in [0.05, 0.1) is 19.3 Å². The fourth-order valence-electron chi connectivity index (χ4n) is 1.60. The van der Waals surface area contributed by atoms with Crippen LogP contribution in [0.1, 0.15) is 12.8 Å². The van der Waals surface area contributed by atoms with E-state index >= 15 is 0 Å². The maximum Gasteiger partial charge on any atom is 0.0697 e. The van der Waals surface area contributed by atoms with Gasteiger partial charge in [0.25, 0.3) is 0 Å². The predicted molar refractivity (Wildman–Crippen MR) is 49.5 cm³/mol. The standard InChI is InChI=1S/C9H19NO3/c11-4-6-13-5-2-8-7-10-3-1-9(8)12/h8-12H,1-7H2. The third-order valence-electron chi connectivity index (χ3n) is 2.44. The summed E-state index contributed by atoms with van der Waals surface area (Å²) in [7, 11) is 0. The Labute approximate surface area is 78.9 Å². The van der Waals surface area contributed by atoms with E-state index in [1.807, 2.05) is 0 Å². The van der Waals surface area contributed by atoms with Crippen molar-refractivity contribution in [1.29, 1.82) is 0 Å². The molecule has 3 N–H and O–H groups in total. The third-order valence-corrected chi connectivity index (χ3v) is 2.44. The molecule has 2 unspecified atom stereocenters. The first kappa shape index (κ1) is 10.9. The summed E-state index contributed by atoms with van der Waals surface area (Å²) < 4.78 is 5.14. The summed E-state index contributed by atoms with van der Waals surface area (Å²) in [6.07, 6.45) is 1.53. The van der Waals surface area contributed by atoms with Gasteiger partial charge in [-0.2, -0.15) is 0 Å². The Morgan fingerprint density at radius 3 is 2.92 bits per heavy atom. The Hall–Kier alpha value is -0.160. The van der Waals surface area contributed by atoms with E-state index in [4.69, 9.17) is 9.84 Å². The van der Waals surface area contributed by atoms with Gasteiger partial charge in [0.1, 0.15) is 0 Å². The number of nitrogens with one attached hydrogen (secondary N) is 1. The van der Waals surface area contributed by atoms with Crippen LogP contribution in [0.5, 0.6) is 0 Å². The van der Waals surface area contributed by atoms with Crippen LogP contribution in [-0.4, -0.2) is 49.2 Å². The number of aliphatic hydroxyl groups excluding tert-OH is 2. The molecule has 1 aliphatic rings. The van der Waals surface area contributed by atoms with Crippen molar-refractivity contribution in [2.45, 2.75) is 18.9 Å². The van der Waals surface area contributed by atoms with Gasteiger partial charge >= 0.3 is 0 Å². The lowest BCUT2D eigenvalue weighted by Crippen LogP contribution is -2.40. The molecule has 0 aliphatic carbocycles. The SMILES string of the molecule is OCCOCCC1CNCCC1O. The fraction of sp³-hybridized carbons (Fsp3) is 1.00. The summed E-state index contributed by atoms with van der Waals surface area (Å²) in [5.74, 6) is 0.312. The Kier molecular flexibility index (Phi) is 5.31. The zero-order chi connectivity index (χ0) is 9.52. The first-order chi connectivity index (χ1) is 6.34. The van der Waals surface area contributed by atoms with E-state index in [0.29, 0.717) is 19.1 Å². The van der Waals surface area contributed by atoms with Crippen LogP contribution in [-0.2, 0) is 4.74 Å². The topological polar surface area (TPSA) is 61.7 Å². The van der Waals surface area contributed by atoms with E-state index in [-0.39, 0.29) is 12.7 Å². The van der Waals surface area contributed by atoms with Gasteiger partial charge in [-0.15, -0.1) is 0 Å². The van der Waals surface area contributed by atoms with E-state index in [0.717, 1.165) is 25.9 Å². The summed E-state index contributed by atoms with van der Waals surface area (Å²) >= 11 is 0. The van der Waals surface area contributed by atoms with Crippen molar-refractivity contribution in [3.8, 4) is 0 Å². The molecule has 0 spiro atoms. The molecule has 0 aromatic carbocycles. The number of hydrogen-bond donors (Lipinski definition) is 3. The molecule has 78 valence electrons. The highest BCUT2D eigenvalue weighted by atomic mass is 16.5. The number of piperidine rings is 1. The van der Waals surface area contributed by atoms with Gasteiger partial charge in [-0.05, 0) is 25.3 Å². The number of rotatable bonds is 5. The van der Waals surface area contributed by atoms with Crippen molar-refractivity contribution in [1.82, 2.24) is 5.32 Å². The van der Waals surface area contributed by atoms with Gasteiger partial charge in [-0.3, -0.25) is 0 Å². The zero-order valence-corrected chi connectivity index (χ0v) is 7.91. The lowest BCUT2D eigenvalue weighted by molar-refractivity contribution is 0.0384. The van der Waals surface area contributed by atoms with Crippen LogP contribution >= 0.6 is 0 Å². The number of ether oxygens (including phenoxy) is 1. The average Bonchev–Trinajstić information content (AvgIpc) is 2.15. The van der Waals surface area contributed by atoms with E-state index in [1.165, 1.54) is 0 Å². The van der Waals surface area contributed by atoms with Gasteiger partial charge in [-0.25, -0.2) is 0 Å². The molecule has 0 aromatic heterocycles. The van der Waals surface area contributed by atoms with E-state index in [9.17, 15) is 5.11 Å². The van der Waals surface area contributed by atoms with Crippen LogP contribution in [0.2, 0.25) is 0 Å². The minimum absolute atomic E-state index is 0.0749. The van der Waals surface area contributed by atoms with E-state index < -0.39 is 0 Å². The molecule has 0 amide bonds. The minimum Gasteiger partial charge on any atom is -0.394 e. The first-order valence-electron chi connectivity index (χ1n) is 4.92. The molecule has 1 saturated heterocycles. The first-order valence-corrected chi connectivity index (χ1v) is 4.92. The van der Waals surface area contributed by atoms with Crippen LogP contribution in [0.3, 0.4) is 0 Å². The van der Waals surface area contributed by atoms with Gasteiger partial charge in [0.15, 0.2) is 0 Å². The van der Waals surface area contributed by atoms with Crippen molar-refractivity contribution >= 4 is 0 Å². The molecule has 4 heteroatoms. The molecule has 0 aromatic rings. The smallest absolute Gasteiger partial charge is 0.0697 e. The van der Waals surface area contributed by atoms with Crippen LogP contribution in [0, 0.1) is 5.92 Å². The second-order valence-electron chi connectivity index (χ2n) is 3.44. The molecule has 1 aliphatic heterocycles. The van der Waals surface area contributed by atoms with Crippen molar-refractivity contribution in [3.05, 3.63) is 0 Å². The normalized spacial score (nSPS) is 29.1. The van der Waals surface area contributed by atoms with E-state index in [1.54, 1.807) is 0 Å². The molecular formula is C9H19NO3. The molecule has 13 heavy (non-hydrogen) atoms. The summed E-state index contributed by atoms with van der Waals surface area (Å²) in [5.41, 5.74) is 0. The maximum atomic E-state index is 9.58. The quantitative estimate of drug-likeness (QED) is 0.503. The summed E-state index contributed by atoms with van der Waals surface area (Å²) in [6.45, 7) is 2.89. The summed E-state index contributed by atoms with van der Waals surface area (Å²) in [5, 5.41) is 21.3. The fourth-order valence-corrected chi connectivity index (χ4v) is 1.60. The summed E-state index contributed by atoms with van der Waals surface area (Å²) in [6, 6.07) is 0. The minimum atomic E-state index is -0.182. The predicted octanol–water partition coefficient (Wildman–Crippen LogP) is -0.644.